The molecule has 2 amide bonds. The molecule has 1 fully saturated rings. The van der Waals surface area contributed by atoms with Gasteiger partial charge in [-0.2, -0.15) is 0 Å². The van der Waals surface area contributed by atoms with Gasteiger partial charge in [-0.3, -0.25) is 4.79 Å². The van der Waals surface area contributed by atoms with Crippen LogP contribution < -0.4 is 0 Å². The molecule has 26 heavy (non-hydrogen) atoms. The fourth-order valence-electron chi connectivity index (χ4n) is 3.20. The van der Waals surface area contributed by atoms with Crippen molar-refractivity contribution in [3.05, 3.63) is 35.0 Å². The molecule has 0 bridgehead atoms. The number of nitrogens with one attached hydrogen (secondary N) is 1. The molecule has 1 N–H and O–H groups in total. The summed E-state index contributed by atoms with van der Waals surface area (Å²) in [5.41, 5.74) is 3.52. The number of amides is 2. The molecule has 6 nitrogen and oxygen atoms in total. The van der Waals surface area contributed by atoms with Crippen molar-refractivity contribution >= 4 is 22.9 Å². The molecule has 0 atom stereocenters. The van der Waals surface area contributed by atoms with Gasteiger partial charge in [0, 0.05) is 48.3 Å². The summed E-state index contributed by atoms with van der Waals surface area (Å²) in [6.07, 6.45) is -0.315. The Morgan fingerprint density at radius 3 is 2.27 bits per heavy atom. The maximum Gasteiger partial charge on any atom is 0.410 e. The van der Waals surface area contributed by atoms with Gasteiger partial charge in [0.15, 0.2) is 0 Å². The predicted molar refractivity (Wildman–Crippen MR) is 101 cm³/mol. The quantitative estimate of drug-likeness (QED) is 0.850. The summed E-state index contributed by atoms with van der Waals surface area (Å²) in [5.74, 6) is 0.00833. The fourth-order valence-corrected chi connectivity index (χ4v) is 3.20. The van der Waals surface area contributed by atoms with E-state index in [1.165, 1.54) is 5.56 Å². The Bertz CT molecular complexity index is 840. The molecule has 140 valence electrons. The first kappa shape index (κ1) is 18.3. The number of carbonyl (C=O) groups is 2. The molecule has 6 heteroatoms. The van der Waals surface area contributed by atoms with E-state index in [-0.39, 0.29) is 12.0 Å². The van der Waals surface area contributed by atoms with E-state index >= 15 is 0 Å². The molecular formula is C20H27N3O3. The summed E-state index contributed by atoms with van der Waals surface area (Å²) >= 11 is 0. The first-order chi connectivity index (χ1) is 12.2. The average Bonchev–Trinajstić information content (AvgIpc) is 2.87. The summed E-state index contributed by atoms with van der Waals surface area (Å²) in [6, 6.07) is 5.77. The Hall–Kier alpha value is -2.50. The Labute approximate surface area is 154 Å². The number of hydrogen-bond donors (Lipinski definition) is 1. The number of hydrogen-bond acceptors (Lipinski definition) is 3. The highest BCUT2D eigenvalue weighted by molar-refractivity contribution is 5.99. The van der Waals surface area contributed by atoms with Crippen molar-refractivity contribution in [2.45, 2.75) is 40.2 Å². The van der Waals surface area contributed by atoms with Crippen LogP contribution in [0.3, 0.4) is 0 Å². The monoisotopic (exact) mass is 357 g/mol. The van der Waals surface area contributed by atoms with Gasteiger partial charge in [0.25, 0.3) is 5.91 Å². The van der Waals surface area contributed by atoms with Crippen LogP contribution >= 0.6 is 0 Å². The Morgan fingerprint density at radius 1 is 1.04 bits per heavy atom. The second-order valence-corrected chi connectivity index (χ2v) is 7.89. The highest BCUT2D eigenvalue weighted by atomic mass is 16.6. The van der Waals surface area contributed by atoms with Crippen LogP contribution in [-0.2, 0) is 4.74 Å². The standard InChI is InChI=1S/C20H27N3O3/c1-13-14(2)21-17-7-6-15(12-16(13)17)18(24)22-8-10-23(11-9-22)19(25)26-20(3,4)5/h6-7,12,21H,8-11H2,1-5H3. The third-order valence-corrected chi connectivity index (χ3v) is 4.77. The SMILES string of the molecule is Cc1[nH]c2ccc(C(=O)N3CCN(C(=O)OC(C)(C)C)CC3)cc2c1C. The van der Waals surface area contributed by atoms with Crippen LogP contribution in [0.5, 0.6) is 0 Å². The number of aryl methyl sites for hydroxylation is 2. The van der Waals surface area contributed by atoms with Crippen LogP contribution in [0.4, 0.5) is 4.79 Å². The number of nitrogens with zero attached hydrogens (tertiary/aromatic N) is 2. The van der Waals surface area contributed by atoms with Crippen LogP contribution in [0.2, 0.25) is 0 Å². The third kappa shape index (κ3) is 3.69. The second kappa shape index (κ2) is 6.67. The summed E-state index contributed by atoms with van der Waals surface area (Å²) in [4.78, 5) is 31.8. The highest BCUT2D eigenvalue weighted by Gasteiger charge is 2.28. The fraction of sp³-hybridized carbons (Fsp3) is 0.500. The zero-order chi connectivity index (χ0) is 19.1. The molecule has 1 aliphatic heterocycles. The van der Waals surface area contributed by atoms with Crippen LogP contribution in [0.25, 0.3) is 10.9 Å². The lowest BCUT2D eigenvalue weighted by Crippen LogP contribution is -2.51. The summed E-state index contributed by atoms with van der Waals surface area (Å²) in [7, 11) is 0. The topological polar surface area (TPSA) is 65.6 Å². The van der Waals surface area contributed by atoms with Gasteiger partial charge in [0.05, 0.1) is 0 Å². The average molecular weight is 357 g/mol. The van der Waals surface area contributed by atoms with E-state index in [4.69, 9.17) is 4.74 Å². The van der Waals surface area contributed by atoms with Crippen molar-refractivity contribution < 1.29 is 14.3 Å². The van der Waals surface area contributed by atoms with Crippen LogP contribution in [0, 0.1) is 13.8 Å². The van der Waals surface area contributed by atoms with Crippen LogP contribution in [-0.4, -0.2) is 58.6 Å². The van der Waals surface area contributed by atoms with Gasteiger partial charge >= 0.3 is 6.09 Å². The lowest BCUT2D eigenvalue weighted by Gasteiger charge is -2.35. The largest absolute Gasteiger partial charge is 0.444 e. The summed E-state index contributed by atoms with van der Waals surface area (Å²) in [6.45, 7) is 11.7. The number of fused-ring (bicyclic) bond motifs is 1. The number of H-pyrrole nitrogens is 1. The van der Waals surface area contributed by atoms with Crippen molar-refractivity contribution in [2.24, 2.45) is 0 Å². The number of benzene rings is 1. The van der Waals surface area contributed by atoms with Gasteiger partial charge < -0.3 is 19.5 Å². The minimum atomic E-state index is -0.508. The van der Waals surface area contributed by atoms with Gasteiger partial charge in [0.1, 0.15) is 5.60 Å². The van der Waals surface area contributed by atoms with E-state index in [1.807, 2.05) is 45.9 Å². The zero-order valence-electron chi connectivity index (χ0n) is 16.2. The maximum absolute atomic E-state index is 12.8. The van der Waals surface area contributed by atoms with E-state index in [0.717, 1.165) is 16.6 Å². The first-order valence-corrected chi connectivity index (χ1v) is 9.02. The molecule has 2 aromatic rings. The van der Waals surface area contributed by atoms with Gasteiger partial charge in [0.2, 0.25) is 0 Å². The Balaban J connectivity index is 1.67. The minimum Gasteiger partial charge on any atom is -0.444 e. The van der Waals surface area contributed by atoms with Gasteiger partial charge in [-0.05, 0) is 58.4 Å². The van der Waals surface area contributed by atoms with E-state index in [1.54, 1.807) is 9.80 Å². The van der Waals surface area contributed by atoms with Gasteiger partial charge in [-0.15, -0.1) is 0 Å². The van der Waals surface area contributed by atoms with Gasteiger partial charge in [-0.25, -0.2) is 4.79 Å². The van der Waals surface area contributed by atoms with Crippen LogP contribution in [0.15, 0.2) is 18.2 Å². The van der Waals surface area contributed by atoms with Crippen LogP contribution in [0.1, 0.15) is 42.4 Å². The van der Waals surface area contributed by atoms with Gasteiger partial charge in [-0.1, -0.05) is 0 Å². The molecule has 0 saturated carbocycles. The molecule has 1 saturated heterocycles. The molecule has 1 aromatic heterocycles. The molecule has 0 radical (unpaired) electrons. The van der Waals surface area contributed by atoms with Crippen molar-refractivity contribution in [1.29, 1.82) is 0 Å². The number of aromatic amines is 1. The molecule has 2 heterocycles. The minimum absolute atomic E-state index is 0.00833. The lowest BCUT2D eigenvalue weighted by molar-refractivity contribution is 0.0141. The molecule has 0 aliphatic carbocycles. The molecule has 1 aromatic carbocycles. The second-order valence-electron chi connectivity index (χ2n) is 7.89. The van der Waals surface area contributed by atoms with E-state index in [2.05, 4.69) is 11.9 Å². The maximum atomic E-state index is 12.8. The lowest BCUT2D eigenvalue weighted by atomic mass is 10.1. The molecule has 0 unspecified atom stereocenters. The summed E-state index contributed by atoms with van der Waals surface area (Å²) < 4.78 is 5.40. The number of ether oxygens (including phenoxy) is 1. The number of aromatic nitrogens is 1. The molecule has 0 spiro atoms. The first-order valence-electron chi connectivity index (χ1n) is 9.02. The molecule has 1 aliphatic rings. The number of rotatable bonds is 1. The smallest absolute Gasteiger partial charge is 0.410 e. The summed E-state index contributed by atoms with van der Waals surface area (Å²) in [5, 5.41) is 1.08. The predicted octanol–water partition coefficient (Wildman–Crippen LogP) is 3.48. The normalized spacial score (nSPS) is 15.4. The Kier molecular flexibility index (Phi) is 4.69. The zero-order valence-corrected chi connectivity index (χ0v) is 16.2. The van der Waals surface area contributed by atoms with E-state index in [9.17, 15) is 9.59 Å². The highest BCUT2D eigenvalue weighted by Crippen LogP contribution is 2.23. The van der Waals surface area contributed by atoms with E-state index in [0.29, 0.717) is 31.7 Å². The van der Waals surface area contributed by atoms with Crippen molar-refractivity contribution in [3.8, 4) is 0 Å². The van der Waals surface area contributed by atoms with Crippen molar-refractivity contribution in [1.82, 2.24) is 14.8 Å². The molecular weight excluding hydrogens is 330 g/mol. The Morgan fingerprint density at radius 2 is 1.65 bits per heavy atom. The van der Waals surface area contributed by atoms with Crippen molar-refractivity contribution in [3.63, 3.8) is 0 Å². The third-order valence-electron chi connectivity index (χ3n) is 4.77. The van der Waals surface area contributed by atoms with E-state index < -0.39 is 5.60 Å². The molecule has 3 rings (SSSR count). The number of piperazine rings is 1. The number of carbonyl (C=O) groups excluding carboxylic acids is 2. The van der Waals surface area contributed by atoms with Crippen molar-refractivity contribution in [2.75, 3.05) is 26.2 Å².